The summed E-state index contributed by atoms with van der Waals surface area (Å²) in [5.74, 6) is 2.39. The smallest absolute Gasteiger partial charge is 0.207 e. The normalized spacial score (nSPS) is 11.3. The second-order valence-corrected chi connectivity index (χ2v) is 8.28. The molecule has 2 aromatic carbocycles. The van der Waals surface area contributed by atoms with Crippen molar-refractivity contribution in [3.05, 3.63) is 70.2 Å². The van der Waals surface area contributed by atoms with Crippen LogP contribution in [-0.2, 0) is 10.0 Å². The number of sulfonamides is 1. The van der Waals surface area contributed by atoms with Crippen molar-refractivity contribution >= 4 is 38.8 Å². The maximum absolute atomic E-state index is 12.9. The molecule has 0 aliphatic carbocycles. The van der Waals surface area contributed by atoms with Crippen LogP contribution in [0.4, 0.5) is 0 Å². The van der Waals surface area contributed by atoms with Crippen LogP contribution >= 0.6 is 23.2 Å². The van der Waals surface area contributed by atoms with Gasteiger partial charge >= 0.3 is 0 Å². The molecule has 2 rings (SSSR count). The third-order valence-corrected chi connectivity index (χ3v) is 6.17. The second-order valence-electron chi connectivity index (χ2n) is 5.52. The summed E-state index contributed by atoms with van der Waals surface area (Å²) in [4.78, 5) is 0.190. The topological polar surface area (TPSA) is 37.4 Å². The molecule has 0 aromatic heterocycles. The Bertz CT molecular complexity index is 929. The van der Waals surface area contributed by atoms with Crippen LogP contribution in [0, 0.1) is 19.3 Å². The van der Waals surface area contributed by atoms with Crippen LogP contribution in [0.1, 0.15) is 11.1 Å². The van der Waals surface area contributed by atoms with Gasteiger partial charge in [0, 0.05) is 6.54 Å². The highest BCUT2D eigenvalue weighted by atomic mass is 35.5. The quantitative estimate of drug-likeness (QED) is 0.670. The minimum absolute atomic E-state index is 0.0539. The summed E-state index contributed by atoms with van der Waals surface area (Å²) in [6.45, 7) is 5.85. The third kappa shape index (κ3) is 4.65. The highest BCUT2D eigenvalue weighted by Gasteiger charge is 2.24. The van der Waals surface area contributed by atoms with Crippen LogP contribution in [0.25, 0.3) is 5.57 Å². The fourth-order valence-corrected chi connectivity index (χ4v) is 3.85. The van der Waals surface area contributed by atoms with Crippen molar-refractivity contribution in [3.63, 3.8) is 0 Å². The van der Waals surface area contributed by atoms with Crippen molar-refractivity contribution in [3.8, 4) is 12.3 Å². The molecular weight excluding hydrogens is 377 g/mol. The van der Waals surface area contributed by atoms with E-state index in [1.807, 2.05) is 6.92 Å². The van der Waals surface area contributed by atoms with Crippen LogP contribution in [0.3, 0.4) is 0 Å². The van der Waals surface area contributed by atoms with E-state index in [1.165, 1.54) is 4.31 Å². The van der Waals surface area contributed by atoms with Crippen molar-refractivity contribution in [2.75, 3.05) is 13.1 Å². The van der Waals surface area contributed by atoms with Crippen LogP contribution < -0.4 is 0 Å². The van der Waals surface area contributed by atoms with Gasteiger partial charge in [0.05, 0.1) is 21.5 Å². The molecule has 0 spiro atoms. The minimum Gasteiger partial charge on any atom is -0.207 e. The number of halogens is 2. The first kappa shape index (κ1) is 19.6. The zero-order valence-corrected chi connectivity index (χ0v) is 16.0. The van der Waals surface area contributed by atoms with Gasteiger partial charge in [-0.05, 0) is 42.3 Å². The number of rotatable bonds is 6. The van der Waals surface area contributed by atoms with E-state index in [-0.39, 0.29) is 18.0 Å². The average Bonchev–Trinajstić information content (AvgIpc) is 2.57. The Morgan fingerprint density at radius 3 is 2.36 bits per heavy atom. The first-order valence-corrected chi connectivity index (χ1v) is 9.59. The van der Waals surface area contributed by atoms with Crippen LogP contribution in [0.15, 0.2) is 53.9 Å². The van der Waals surface area contributed by atoms with Crippen molar-refractivity contribution in [2.45, 2.75) is 11.8 Å². The Balaban J connectivity index is 2.31. The molecular formula is C19H17Cl2NO2S. The maximum atomic E-state index is 12.9. The van der Waals surface area contributed by atoms with E-state index in [9.17, 15) is 8.42 Å². The lowest BCUT2D eigenvalue weighted by Gasteiger charge is -2.21. The standard InChI is InChI=1S/C19H17Cl2NO2S/c1-4-11-22(25(23,24)17-8-5-14(2)6-9-17)13-15(3)16-7-10-18(20)19(21)12-16/h1,5-10,12H,3,11,13H2,2H3. The van der Waals surface area contributed by atoms with Crippen molar-refractivity contribution < 1.29 is 8.42 Å². The van der Waals surface area contributed by atoms with Gasteiger partial charge in [-0.25, -0.2) is 8.42 Å². The molecule has 0 saturated heterocycles. The lowest BCUT2D eigenvalue weighted by molar-refractivity contribution is 0.482. The predicted octanol–water partition coefficient (Wildman–Crippen LogP) is 4.64. The molecule has 0 saturated carbocycles. The molecule has 6 heteroatoms. The molecule has 0 aliphatic rings. The zero-order chi connectivity index (χ0) is 18.6. The van der Waals surface area contributed by atoms with E-state index < -0.39 is 10.0 Å². The molecule has 0 radical (unpaired) electrons. The number of nitrogens with zero attached hydrogens (tertiary/aromatic N) is 1. The Hall–Kier alpha value is -1.77. The predicted molar refractivity (Wildman–Crippen MR) is 104 cm³/mol. The SMILES string of the molecule is C#CCN(CC(=C)c1ccc(Cl)c(Cl)c1)S(=O)(=O)c1ccc(C)cc1. The second kappa shape index (κ2) is 8.07. The van der Waals surface area contributed by atoms with Crippen molar-refractivity contribution in [2.24, 2.45) is 0 Å². The largest absolute Gasteiger partial charge is 0.244 e. The molecule has 0 N–H and O–H groups in total. The minimum atomic E-state index is -3.73. The van der Waals surface area contributed by atoms with Gasteiger partial charge in [0.15, 0.2) is 0 Å². The Morgan fingerprint density at radius 2 is 1.80 bits per heavy atom. The molecule has 25 heavy (non-hydrogen) atoms. The number of benzene rings is 2. The fraction of sp³-hybridized carbons (Fsp3) is 0.158. The number of hydrogen-bond donors (Lipinski definition) is 0. The molecule has 0 bridgehead atoms. The molecule has 0 fully saturated rings. The Labute approximate surface area is 158 Å². The monoisotopic (exact) mass is 393 g/mol. The summed E-state index contributed by atoms with van der Waals surface area (Å²) in [6.07, 6.45) is 5.36. The van der Waals surface area contributed by atoms with Gasteiger partial charge in [-0.15, -0.1) is 6.42 Å². The van der Waals surface area contributed by atoms with E-state index in [2.05, 4.69) is 12.5 Å². The van der Waals surface area contributed by atoms with E-state index in [0.29, 0.717) is 21.2 Å². The van der Waals surface area contributed by atoms with Gasteiger partial charge in [0.2, 0.25) is 10.0 Å². The maximum Gasteiger partial charge on any atom is 0.244 e. The van der Waals surface area contributed by atoms with Crippen LogP contribution in [0.2, 0.25) is 10.0 Å². The van der Waals surface area contributed by atoms with Gasteiger partial charge in [0.1, 0.15) is 0 Å². The lowest BCUT2D eigenvalue weighted by atomic mass is 10.1. The van der Waals surface area contributed by atoms with Crippen LogP contribution in [-0.4, -0.2) is 25.8 Å². The van der Waals surface area contributed by atoms with E-state index in [0.717, 1.165) is 5.56 Å². The first-order chi connectivity index (χ1) is 11.8. The molecule has 3 nitrogen and oxygen atoms in total. The highest BCUT2D eigenvalue weighted by molar-refractivity contribution is 7.89. The Morgan fingerprint density at radius 1 is 1.16 bits per heavy atom. The summed E-state index contributed by atoms with van der Waals surface area (Å²) in [7, 11) is -3.73. The molecule has 0 atom stereocenters. The van der Waals surface area contributed by atoms with Gasteiger partial charge in [-0.2, -0.15) is 4.31 Å². The highest BCUT2D eigenvalue weighted by Crippen LogP contribution is 2.27. The molecule has 0 heterocycles. The summed E-state index contributed by atoms with van der Waals surface area (Å²) in [5.41, 5.74) is 2.25. The fourth-order valence-electron chi connectivity index (χ4n) is 2.21. The summed E-state index contributed by atoms with van der Waals surface area (Å²) < 4.78 is 26.9. The number of hydrogen-bond acceptors (Lipinski definition) is 2. The molecule has 130 valence electrons. The van der Waals surface area contributed by atoms with E-state index in [1.54, 1.807) is 42.5 Å². The number of terminal acetylenes is 1. The zero-order valence-electron chi connectivity index (χ0n) is 13.7. The van der Waals surface area contributed by atoms with Crippen molar-refractivity contribution in [1.82, 2.24) is 4.31 Å². The van der Waals surface area contributed by atoms with E-state index >= 15 is 0 Å². The summed E-state index contributed by atoms with van der Waals surface area (Å²) in [6, 6.07) is 11.7. The van der Waals surface area contributed by atoms with Gasteiger partial charge in [-0.1, -0.05) is 59.5 Å². The molecule has 0 amide bonds. The summed E-state index contributed by atoms with van der Waals surface area (Å²) in [5, 5.41) is 0.802. The van der Waals surface area contributed by atoms with E-state index in [4.69, 9.17) is 29.6 Å². The van der Waals surface area contributed by atoms with Crippen molar-refractivity contribution in [1.29, 1.82) is 0 Å². The molecule has 2 aromatic rings. The van der Waals surface area contributed by atoms with Gasteiger partial charge in [-0.3, -0.25) is 0 Å². The van der Waals surface area contributed by atoms with Crippen LogP contribution in [0.5, 0.6) is 0 Å². The Kier molecular flexibility index (Phi) is 6.31. The molecule has 0 unspecified atom stereocenters. The van der Waals surface area contributed by atoms with Gasteiger partial charge < -0.3 is 0 Å². The first-order valence-electron chi connectivity index (χ1n) is 7.39. The van der Waals surface area contributed by atoms with Gasteiger partial charge in [0.25, 0.3) is 0 Å². The lowest BCUT2D eigenvalue weighted by Crippen LogP contribution is -2.32. The summed E-state index contributed by atoms with van der Waals surface area (Å²) >= 11 is 11.9. The molecule has 0 aliphatic heterocycles. The average molecular weight is 394 g/mol. The third-order valence-electron chi connectivity index (χ3n) is 3.62. The number of aryl methyl sites for hydroxylation is 1.